The zero-order valence-electron chi connectivity index (χ0n) is 16.1. The minimum Gasteiger partial charge on any atom is -0.306 e. The zero-order chi connectivity index (χ0) is 19.8. The fraction of sp³-hybridized carbons (Fsp3) is 0.190. The van der Waals surface area contributed by atoms with Gasteiger partial charge in [-0.1, -0.05) is 11.3 Å². The number of thiazole rings is 1. The molecule has 0 saturated carbocycles. The van der Waals surface area contributed by atoms with E-state index in [4.69, 9.17) is 4.98 Å². The molecule has 0 aliphatic heterocycles. The summed E-state index contributed by atoms with van der Waals surface area (Å²) in [7, 11) is 0. The van der Waals surface area contributed by atoms with E-state index in [1.54, 1.807) is 27.8 Å². The van der Waals surface area contributed by atoms with Gasteiger partial charge in [0.2, 0.25) is 5.13 Å². The maximum absolute atomic E-state index is 12.7. The third-order valence-electron chi connectivity index (χ3n) is 4.60. The molecule has 0 bridgehead atoms. The number of amides is 1. The molecule has 0 radical (unpaired) electrons. The van der Waals surface area contributed by atoms with Gasteiger partial charge in [0.25, 0.3) is 5.91 Å². The van der Waals surface area contributed by atoms with Crippen LogP contribution in [-0.2, 0) is 0 Å². The largest absolute Gasteiger partial charge is 0.306 e. The maximum Gasteiger partial charge on any atom is 0.256 e. The molecule has 0 saturated heterocycles. The van der Waals surface area contributed by atoms with Gasteiger partial charge in [-0.25, -0.2) is 4.98 Å². The van der Waals surface area contributed by atoms with Gasteiger partial charge in [0.05, 0.1) is 15.9 Å². The fourth-order valence-corrected chi connectivity index (χ4v) is 4.34. The first-order valence-corrected chi connectivity index (χ1v) is 10.9. The molecule has 0 spiro atoms. The lowest BCUT2D eigenvalue weighted by Crippen LogP contribution is -2.15. The molecule has 0 fully saturated rings. The third-order valence-corrected chi connectivity index (χ3v) is 6.34. The molecule has 1 amide bonds. The van der Waals surface area contributed by atoms with Gasteiger partial charge in [-0.2, -0.15) is 9.78 Å². The zero-order valence-corrected chi connectivity index (χ0v) is 17.7. The van der Waals surface area contributed by atoms with Crippen LogP contribution in [0.2, 0.25) is 0 Å². The summed E-state index contributed by atoms with van der Waals surface area (Å²) in [4.78, 5) is 18.5. The molecule has 0 unspecified atom stereocenters. The summed E-state index contributed by atoms with van der Waals surface area (Å²) < 4.78 is 2.81. The average molecular weight is 409 g/mol. The van der Waals surface area contributed by atoms with Crippen molar-refractivity contribution in [2.75, 3.05) is 11.6 Å². The standard InChI is InChI=1S/C21H20N4OS2/c1-12-9-17-18(10-13(12)2)28-21(22-17)25-19(11-14(3)24-25)23-20(26)15-5-7-16(27-4)8-6-15/h5-11H,1-4H3,(H,23,26). The highest BCUT2D eigenvalue weighted by atomic mass is 32.2. The van der Waals surface area contributed by atoms with Crippen LogP contribution in [0.1, 0.15) is 27.2 Å². The number of hydrogen-bond donors (Lipinski definition) is 1. The summed E-state index contributed by atoms with van der Waals surface area (Å²) >= 11 is 3.21. The van der Waals surface area contributed by atoms with Crippen molar-refractivity contribution in [3.8, 4) is 5.13 Å². The van der Waals surface area contributed by atoms with E-state index in [9.17, 15) is 4.79 Å². The summed E-state index contributed by atoms with van der Waals surface area (Å²) in [5, 5.41) is 8.25. The van der Waals surface area contributed by atoms with Crippen molar-refractivity contribution < 1.29 is 4.79 Å². The van der Waals surface area contributed by atoms with Gasteiger partial charge in [-0.05, 0) is 74.6 Å². The lowest BCUT2D eigenvalue weighted by Gasteiger charge is -2.07. The number of anilines is 1. The van der Waals surface area contributed by atoms with Gasteiger partial charge >= 0.3 is 0 Å². The van der Waals surface area contributed by atoms with Gasteiger partial charge in [0.1, 0.15) is 5.82 Å². The molecule has 7 heteroatoms. The highest BCUT2D eigenvalue weighted by Crippen LogP contribution is 2.29. The second-order valence-corrected chi connectivity index (χ2v) is 8.55. The molecule has 2 heterocycles. The van der Waals surface area contributed by atoms with Gasteiger partial charge in [0, 0.05) is 16.5 Å². The fourth-order valence-electron chi connectivity index (χ4n) is 2.92. The first-order chi connectivity index (χ1) is 13.4. The Morgan fingerprint density at radius 3 is 2.50 bits per heavy atom. The van der Waals surface area contributed by atoms with Crippen LogP contribution in [0.5, 0.6) is 0 Å². The van der Waals surface area contributed by atoms with Crippen LogP contribution in [0.3, 0.4) is 0 Å². The van der Waals surface area contributed by atoms with E-state index in [0.717, 1.165) is 25.9 Å². The molecule has 2 aromatic heterocycles. The predicted molar refractivity (Wildman–Crippen MR) is 117 cm³/mol. The Hall–Kier alpha value is -2.64. The number of fused-ring (bicyclic) bond motifs is 1. The first kappa shape index (κ1) is 18.7. The number of hydrogen-bond acceptors (Lipinski definition) is 5. The number of nitrogens with one attached hydrogen (secondary N) is 1. The summed E-state index contributed by atoms with van der Waals surface area (Å²) in [5.74, 6) is 0.450. The van der Waals surface area contributed by atoms with Crippen molar-refractivity contribution in [2.24, 2.45) is 0 Å². The molecule has 142 valence electrons. The maximum atomic E-state index is 12.7. The van der Waals surface area contributed by atoms with E-state index in [-0.39, 0.29) is 5.91 Å². The van der Waals surface area contributed by atoms with Crippen molar-refractivity contribution in [1.82, 2.24) is 14.8 Å². The molecule has 5 nitrogen and oxygen atoms in total. The quantitative estimate of drug-likeness (QED) is 0.461. The normalized spacial score (nSPS) is 11.1. The molecule has 0 aliphatic rings. The molecule has 28 heavy (non-hydrogen) atoms. The second kappa shape index (κ2) is 7.41. The number of rotatable bonds is 4. The molecule has 2 aromatic carbocycles. The van der Waals surface area contributed by atoms with E-state index in [1.807, 2.05) is 43.5 Å². The highest BCUT2D eigenvalue weighted by molar-refractivity contribution is 7.98. The molecule has 4 rings (SSSR count). The monoisotopic (exact) mass is 408 g/mol. The number of nitrogens with zero attached hydrogens (tertiary/aromatic N) is 3. The van der Waals surface area contributed by atoms with Crippen LogP contribution < -0.4 is 5.32 Å². The van der Waals surface area contributed by atoms with Crippen LogP contribution in [-0.4, -0.2) is 26.9 Å². The summed E-state index contributed by atoms with van der Waals surface area (Å²) in [6.07, 6.45) is 2.01. The summed E-state index contributed by atoms with van der Waals surface area (Å²) in [5.41, 5.74) is 4.82. The van der Waals surface area contributed by atoms with Crippen molar-refractivity contribution in [3.05, 3.63) is 64.8 Å². The summed E-state index contributed by atoms with van der Waals surface area (Å²) in [6.45, 7) is 6.08. The van der Waals surface area contributed by atoms with Crippen molar-refractivity contribution in [1.29, 1.82) is 0 Å². The lowest BCUT2D eigenvalue weighted by atomic mass is 10.1. The van der Waals surface area contributed by atoms with Crippen LogP contribution >= 0.6 is 23.1 Å². The predicted octanol–water partition coefficient (Wildman–Crippen LogP) is 5.38. The highest BCUT2D eigenvalue weighted by Gasteiger charge is 2.16. The van der Waals surface area contributed by atoms with E-state index >= 15 is 0 Å². The Balaban J connectivity index is 1.67. The van der Waals surface area contributed by atoms with E-state index in [2.05, 4.69) is 36.4 Å². The van der Waals surface area contributed by atoms with Crippen LogP contribution in [0, 0.1) is 20.8 Å². The Morgan fingerprint density at radius 2 is 1.79 bits per heavy atom. The minimum atomic E-state index is -0.165. The third kappa shape index (κ3) is 3.55. The van der Waals surface area contributed by atoms with Crippen LogP contribution in [0.25, 0.3) is 15.3 Å². The summed E-state index contributed by atoms with van der Waals surface area (Å²) in [6, 6.07) is 13.6. The molecule has 0 aliphatic carbocycles. The number of carbonyl (C=O) groups excluding carboxylic acids is 1. The lowest BCUT2D eigenvalue weighted by molar-refractivity contribution is 0.102. The molecule has 4 aromatic rings. The average Bonchev–Trinajstić information content (AvgIpc) is 3.24. The molecule has 1 N–H and O–H groups in total. The Morgan fingerprint density at radius 1 is 1.07 bits per heavy atom. The number of benzene rings is 2. The Kier molecular flexibility index (Phi) is 4.95. The molecular formula is C21H20N4OS2. The number of thioether (sulfide) groups is 1. The van der Waals surface area contributed by atoms with Crippen LogP contribution in [0.15, 0.2) is 47.4 Å². The minimum absolute atomic E-state index is 0.165. The van der Waals surface area contributed by atoms with Crippen molar-refractivity contribution >= 4 is 45.0 Å². The van der Waals surface area contributed by atoms with E-state index < -0.39 is 0 Å². The number of aromatic nitrogens is 3. The van der Waals surface area contributed by atoms with Gasteiger partial charge in [0.15, 0.2) is 0 Å². The van der Waals surface area contributed by atoms with Crippen LogP contribution in [0.4, 0.5) is 5.82 Å². The van der Waals surface area contributed by atoms with E-state index in [1.165, 1.54) is 11.1 Å². The SMILES string of the molecule is CSc1ccc(C(=O)Nc2cc(C)nn2-c2nc3cc(C)c(C)cc3s2)cc1. The molecular weight excluding hydrogens is 388 g/mol. The Labute approximate surface area is 171 Å². The van der Waals surface area contributed by atoms with Gasteiger partial charge in [-0.15, -0.1) is 11.8 Å². The number of carbonyl (C=O) groups is 1. The topological polar surface area (TPSA) is 59.8 Å². The van der Waals surface area contributed by atoms with Gasteiger partial charge < -0.3 is 5.32 Å². The first-order valence-electron chi connectivity index (χ1n) is 8.85. The number of aryl methyl sites for hydroxylation is 3. The molecule has 0 atom stereocenters. The second-order valence-electron chi connectivity index (χ2n) is 6.67. The Bertz CT molecular complexity index is 1140. The van der Waals surface area contributed by atoms with E-state index in [0.29, 0.717) is 11.4 Å². The van der Waals surface area contributed by atoms with Crippen molar-refractivity contribution in [3.63, 3.8) is 0 Å². The van der Waals surface area contributed by atoms with Gasteiger partial charge in [-0.3, -0.25) is 4.79 Å². The van der Waals surface area contributed by atoms with Crippen molar-refractivity contribution in [2.45, 2.75) is 25.7 Å². The smallest absolute Gasteiger partial charge is 0.256 e.